The summed E-state index contributed by atoms with van der Waals surface area (Å²) in [4.78, 5) is 19.9. The van der Waals surface area contributed by atoms with Gasteiger partial charge in [-0.05, 0) is 25.0 Å². The molecular weight excluding hydrogens is 441 g/mol. The van der Waals surface area contributed by atoms with E-state index in [1.807, 2.05) is 18.2 Å². The second-order valence-electron chi connectivity index (χ2n) is 6.27. The molecule has 0 bridgehead atoms. The highest BCUT2D eigenvalue weighted by Crippen LogP contribution is 2.10. The second kappa shape index (κ2) is 14.6. The molecule has 7 heteroatoms. The Morgan fingerprint density at radius 1 is 1.04 bits per heavy atom. The molecule has 148 valence electrons. The molecule has 6 nitrogen and oxygen atoms in total. The minimum Gasteiger partial charge on any atom is -0.375 e. The lowest BCUT2D eigenvalue weighted by Crippen LogP contribution is -2.40. The highest BCUT2D eigenvalue weighted by Gasteiger charge is 2.05. The molecule has 0 atom stereocenters. The van der Waals surface area contributed by atoms with Gasteiger partial charge in [0.2, 0.25) is 5.91 Å². The molecule has 0 unspecified atom stereocenters. The normalized spacial score (nSPS) is 10.7. The Hall–Kier alpha value is -1.51. The number of para-hydroxylation sites is 1. The van der Waals surface area contributed by atoms with Crippen LogP contribution in [-0.2, 0) is 4.79 Å². The number of nitrogens with one attached hydrogen (secondary N) is 2. The number of unbranched alkanes of at least 4 members (excludes halogenated alkanes) is 1. The monoisotopic (exact) mass is 475 g/mol. The Kier molecular flexibility index (Phi) is 13.8. The van der Waals surface area contributed by atoms with Crippen molar-refractivity contribution < 1.29 is 4.79 Å². The first-order valence-electron chi connectivity index (χ1n) is 9.03. The molecule has 0 heterocycles. The van der Waals surface area contributed by atoms with E-state index in [0.717, 1.165) is 38.9 Å². The Morgan fingerprint density at radius 2 is 1.65 bits per heavy atom. The predicted octanol–water partition coefficient (Wildman–Crippen LogP) is 2.55. The number of hydrogen-bond acceptors (Lipinski definition) is 3. The van der Waals surface area contributed by atoms with Gasteiger partial charge in [0.25, 0.3) is 0 Å². The standard InChI is InChI=1S/C19H33N5O.HI/c1-5-6-13-20-19(22-16-18(25)23(2)3)21-14-10-15-24(4)17-11-8-7-9-12-17;/h7-9,11-12H,5-6,10,13-16H2,1-4H3,(H2,20,21,22);1H. The fraction of sp³-hybridized carbons (Fsp3) is 0.579. The first-order chi connectivity index (χ1) is 12.0. The molecule has 0 radical (unpaired) electrons. The van der Waals surface area contributed by atoms with Gasteiger partial charge >= 0.3 is 0 Å². The lowest BCUT2D eigenvalue weighted by atomic mass is 10.3. The summed E-state index contributed by atoms with van der Waals surface area (Å²) in [6.45, 7) is 4.95. The van der Waals surface area contributed by atoms with Gasteiger partial charge in [0.05, 0.1) is 0 Å². The molecule has 0 saturated carbocycles. The maximum absolute atomic E-state index is 11.7. The molecule has 26 heavy (non-hydrogen) atoms. The first kappa shape index (κ1) is 24.5. The average molecular weight is 475 g/mol. The van der Waals surface area contributed by atoms with Crippen molar-refractivity contribution >= 4 is 41.5 Å². The Bertz CT molecular complexity index is 522. The number of carbonyl (C=O) groups excluding carboxylic acids is 1. The van der Waals surface area contributed by atoms with Crippen LogP contribution in [0.2, 0.25) is 0 Å². The average Bonchev–Trinajstić information content (AvgIpc) is 2.62. The van der Waals surface area contributed by atoms with E-state index in [1.165, 1.54) is 5.69 Å². The largest absolute Gasteiger partial charge is 0.375 e. The molecule has 0 aliphatic rings. The quantitative estimate of drug-likeness (QED) is 0.237. The van der Waals surface area contributed by atoms with E-state index >= 15 is 0 Å². The molecule has 0 aromatic heterocycles. The topological polar surface area (TPSA) is 60.0 Å². The molecular formula is C19H34IN5O. The van der Waals surface area contributed by atoms with Gasteiger partial charge in [0.15, 0.2) is 5.96 Å². The van der Waals surface area contributed by atoms with Crippen LogP contribution in [0.15, 0.2) is 35.3 Å². The number of carbonyl (C=O) groups is 1. The van der Waals surface area contributed by atoms with Gasteiger partial charge in [-0.25, -0.2) is 4.99 Å². The Morgan fingerprint density at radius 3 is 2.23 bits per heavy atom. The van der Waals surface area contributed by atoms with Crippen molar-refractivity contribution in [2.45, 2.75) is 26.2 Å². The van der Waals surface area contributed by atoms with Crippen molar-refractivity contribution in [1.82, 2.24) is 15.5 Å². The van der Waals surface area contributed by atoms with Gasteiger partial charge in [-0.2, -0.15) is 0 Å². The van der Waals surface area contributed by atoms with Crippen LogP contribution in [0.5, 0.6) is 0 Å². The number of amides is 1. The van der Waals surface area contributed by atoms with E-state index in [9.17, 15) is 4.79 Å². The highest BCUT2D eigenvalue weighted by atomic mass is 127. The summed E-state index contributed by atoms with van der Waals surface area (Å²) < 4.78 is 0. The van der Waals surface area contributed by atoms with Crippen LogP contribution in [0.4, 0.5) is 5.69 Å². The summed E-state index contributed by atoms with van der Waals surface area (Å²) in [6, 6.07) is 10.3. The number of benzene rings is 1. The van der Waals surface area contributed by atoms with E-state index in [-0.39, 0.29) is 36.4 Å². The maximum atomic E-state index is 11.7. The number of guanidine groups is 1. The van der Waals surface area contributed by atoms with Gasteiger partial charge in [-0.3, -0.25) is 4.79 Å². The Labute approximate surface area is 175 Å². The SMILES string of the molecule is CCCCNC(=NCC(=O)N(C)C)NCCCN(C)c1ccccc1.I. The number of aliphatic imine (C=N–C) groups is 1. The Balaban J connectivity index is 0.00000625. The van der Waals surface area contributed by atoms with Crippen LogP contribution in [0.1, 0.15) is 26.2 Å². The van der Waals surface area contributed by atoms with Crippen molar-refractivity contribution in [2.75, 3.05) is 52.2 Å². The number of nitrogens with zero attached hydrogens (tertiary/aromatic N) is 3. The van der Waals surface area contributed by atoms with Gasteiger partial charge in [0, 0.05) is 46.5 Å². The number of rotatable bonds is 10. The number of anilines is 1. The molecule has 0 aliphatic heterocycles. The smallest absolute Gasteiger partial charge is 0.243 e. The molecule has 1 rings (SSSR count). The zero-order valence-corrected chi connectivity index (χ0v) is 18.8. The number of likely N-dealkylation sites (N-methyl/N-ethyl adjacent to an activating group) is 1. The van der Waals surface area contributed by atoms with Gasteiger partial charge < -0.3 is 20.4 Å². The maximum Gasteiger partial charge on any atom is 0.243 e. The van der Waals surface area contributed by atoms with Crippen LogP contribution < -0.4 is 15.5 Å². The predicted molar refractivity (Wildman–Crippen MR) is 122 cm³/mol. The summed E-state index contributed by atoms with van der Waals surface area (Å²) in [5.41, 5.74) is 1.22. The highest BCUT2D eigenvalue weighted by molar-refractivity contribution is 14.0. The summed E-state index contributed by atoms with van der Waals surface area (Å²) in [6.07, 6.45) is 3.19. The number of halogens is 1. The van der Waals surface area contributed by atoms with Crippen molar-refractivity contribution in [3.8, 4) is 0 Å². The zero-order valence-electron chi connectivity index (χ0n) is 16.5. The van der Waals surface area contributed by atoms with Crippen LogP contribution in [-0.4, -0.2) is 64.1 Å². The van der Waals surface area contributed by atoms with Gasteiger partial charge in [-0.15, -0.1) is 24.0 Å². The van der Waals surface area contributed by atoms with Gasteiger partial charge in [0.1, 0.15) is 6.54 Å². The lowest BCUT2D eigenvalue weighted by molar-refractivity contribution is -0.127. The molecule has 1 aromatic rings. The van der Waals surface area contributed by atoms with Crippen molar-refractivity contribution in [3.05, 3.63) is 30.3 Å². The van der Waals surface area contributed by atoms with Crippen LogP contribution >= 0.6 is 24.0 Å². The minimum atomic E-state index is 0. The summed E-state index contributed by atoms with van der Waals surface area (Å²) >= 11 is 0. The zero-order chi connectivity index (χ0) is 18.5. The third-order valence-electron chi connectivity index (χ3n) is 3.85. The van der Waals surface area contributed by atoms with Crippen molar-refractivity contribution in [1.29, 1.82) is 0 Å². The summed E-state index contributed by atoms with van der Waals surface area (Å²) in [7, 11) is 5.59. The van der Waals surface area contributed by atoms with E-state index in [0.29, 0.717) is 5.96 Å². The molecule has 0 fully saturated rings. The molecule has 0 spiro atoms. The lowest BCUT2D eigenvalue weighted by Gasteiger charge is -2.20. The molecule has 0 aliphatic carbocycles. The van der Waals surface area contributed by atoms with Crippen LogP contribution in [0, 0.1) is 0 Å². The van der Waals surface area contributed by atoms with E-state index in [4.69, 9.17) is 0 Å². The first-order valence-corrected chi connectivity index (χ1v) is 9.03. The molecule has 0 saturated heterocycles. The third-order valence-corrected chi connectivity index (χ3v) is 3.85. The van der Waals surface area contributed by atoms with Crippen molar-refractivity contribution in [2.24, 2.45) is 4.99 Å². The fourth-order valence-electron chi connectivity index (χ4n) is 2.18. The molecule has 1 aromatic carbocycles. The van der Waals surface area contributed by atoms with Crippen LogP contribution in [0.3, 0.4) is 0 Å². The van der Waals surface area contributed by atoms with Crippen LogP contribution in [0.25, 0.3) is 0 Å². The third kappa shape index (κ3) is 10.5. The van der Waals surface area contributed by atoms with Gasteiger partial charge in [-0.1, -0.05) is 31.5 Å². The van der Waals surface area contributed by atoms with E-state index in [1.54, 1.807) is 19.0 Å². The molecule has 1 amide bonds. The second-order valence-corrected chi connectivity index (χ2v) is 6.27. The van der Waals surface area contributed by atoms with E-state index < -0.39 is 0 Å². The summed E-state index contributed by atoms with van der Waals surface area (Å²) in [5.74, 6) is 0.714. The van der Waals surface area contributed by atoms with E-state index in [2.05, 4.69) is 46.6 Å². The number of hydrogen-bond donors (Lipinski definition) is 2. The summed E-state index contributed by atoms with van der Waals surface area (Å²) in [5, 5.41) is 6.61. The van der Waals surface area contributed by atoms with Crippen molar-refractivity contribution in [3.63, 3.8) is 0 Å². The minimum absolute atomic E-state index is 0. The fourth-order valence-corrected chi connectivity index (χ4v) is 2.18. The molecule has 2 N–H and O–H groups in total.